The molecule has 1 aromatic rings. The van der Waals surface area contributed by atoms with Crippen LogP contribution in [0.5, 0.6) is 0 Å². The molecule has 0 saturated carbocycles. The van der Waals surface area contributed by atoms with Crippen molar-refractivity contribution in [2.24, 2.45) is 0 Å². The van der Waals surface area contributed by atoms with Crippen LogP contribution >= 0.6 is 0 Å². The third-order valence-electron chi connectivity index (χ3n) is 2.02. The highest BCUT2D eigenvalue weighted by Crippen LogP contribution is 1.95. The number of allylic oxidation sites excluding steroid dienone is 3. The number of pyridine rings is 1. The molecule has 2 heteroatoms. The lowest BCUT2D eigenvalue weighted by atomic mass is 10.2. The second-order valence-corrected chi connectivity index (χ2v) is 3.47. The molecule has 0 aliphatic carbocycles. The second kappa shape index (κ2) is 7.60. The van der Waals surface area contributed by atoms with Crippen molar-refractivity contribution in [3.63, 3.8) is 0 Å². The summed E-state index contributed by atoms with van der Waals surface area (Å²) in [5, 5.41) is 3.29. The van der Waals surface area contributed by atoms with Gasteiger partial charge in [0.1, 0.15) is 0 Å². The van der Waals surface area contributed by atoms with E-state index >= 15 is 0 Å². The van der Waals surface area contributed by atoms with Gasteiger partial charge in [-0.05, 0) is 24.6 Å². The summed E-state index contributed by atoms with van der Waals surface area (Å²) in [6.45, 7) is 7.50. The van der Waals surface area contributed by atoms with Crippen LogP contribution in [0.2, 0.25) is 0 Å². The standard InChI is InChI=1S/C14H18N2/c1-3-4-5-8-13(2)11-15-12-14-9-6-7-10-16-14/h3-10,15H,2,11-12H2,1H3/b4-3-,8-5-. The molecule has 0 bridgehead atoms. The molecule has 1 rings (SSSR count). The molecule has 2 nitrogen and oxygen atoms in total. The molecule has 0 radical (unpaired) electrons. The summed E-state index contributed by atoms with van der Waals surface area (Å²) in [6, 6.07) is 5.92. The van der Waals surface area contributed by atoms with E-state index < -0.39 is 0 Å². The lowest BCUT2D eigenvalue weighted by Gasteiger charge is -2.03. The molecule has 16 heavy (non-hydrogen) atoms. The van der Waals surface area contributed by atoms with Crippen LogP contribution in [0.15, 0.2) is 60.9 Å². The van der Waals surface area contributed by atoms with Crippen LogP contribution < -0.4 is 5.32 Å². The molecule has 0 fully saturated rings. The zero-order valence-electron chi connectivity index (χ0n) is 9.69. The minimum absolute atomic E-state index is 0.775. The molecular weight excluding hydrogens is 196 g/mol. The molecule has 0 spiro atoms. The first-order valence-electron chi connectivity index (χ1n) is 5.40. The van der Waals surface area contributed by atoms with Gasteiger partial charge in [0, 0.05) is 19.3 Å². The van der Waals surface area contributed by atoms with Gasteiger partial charge in [-0.2, -0.15) is 0 Å². The lowest BCUT2D eigenvalue weighted by Crippen LogP contribution is -2.16. The number of nitrogens with one attached hydrogen (secondary N) is 1. The predicted octanol–water partition coefficient (Wildman–Crippen LogP) is 2.86. The van der Waals surface area contributed by atoms with Crippen LogP contribution in [-0.4, -0.2) is 11.5 Å². The van der Waals surface area contributed by atoms with Gasteiger partial charge in [-0.25, -0.2) is 0 Å². The van der Waals surface area contributed by atoms with Crippen LogP contribution in [0.3, 0.4) is 0 Å². The van der Waals surface area contributed by atoms with Crippen molar-refractivity contribution < 1.29 is 0 Å². The largest absolute Gasteiger partial charge is 0.307 e. The summed E-state index contributed by atoms with van der Waals surface area (Å²) < 4.78 is 0. The molecule has 0 unspecified atom stereocenters. The molecular formula is C14H18N2. The Kier molecular flexibility index (Phi) is 5.89. The van der Waals surface area contributed by atoms with Gasteiger partial charge in [-0.1, -0.05) is 36.9 Å². The van der Waals surface area contributed by atoms with Gasteiger partial charge >= 0.3 is 0 Å². The fourth-order valence-electron chi connectivity index (χ4n) is 1.22. The summed E-state index contributed by atoms with van der Waals surface area (Å²) in [7, 11) is 0. The van der Waals surface area contributed by atoms with Crippen LogP contribution in [0.1, 0.15) is 12.6 Å². The normalized spacial score (nSPS) is 11.3. The van der Waals surface area contributed by atoms with Gasteiger partial charge < -0.3 is 5.32 Å². The molecule has 1 heterocycles. The van der Waals surface area contributed by atoms with E-state index in [1.165, 1.54) is 0 Å². The number of hydrogen-bond acceptors (Lipinski definition) is 2. The van der Waals surface area contributed by atoms with E-state index in [9.17, 15) is 0 Å². The fraction of sp³-hybridized carbons (Fsp3) is 0.214. The Bertz CT molecular complexity index is 364. The smallest absolute Gasteiger partial charge is 0.0541 e. The Balaban J connectivity index is 2.23. The SMILES string of the molecule is C=C(/C=C\C=C/C)CNCc1ccccn1. The molecule has 0 saturated heterocycles. The Morgan fingerprint density at radius 1 is 1.44 bits per heavy atom. The first-order valence-corrected chi connectivity index (χ1v) is 5.40. The highest BCUT2D eigenvalue weighted by molar-refractivity contribution is 5.20. The van der Waals surface area contributed by atoms with E-state index in [2.05, 4.69) is 16.9 Å². The summed E-state index contributed by atoms with van der Waals surface area (Å²) in [5.41, 5.74) is 2.11. The minimum Gasteiger partial charge on any atom is -0.307 e. The maximum atomic E-state index is 4.23. The number of rotatable bonds is 6. The van der Waals surface area contributed by atoms with Crippen molar-refractivity contribution in [3.8, 4) is 0 Å². The van der Waals surface area contributed by atoms with Gasteiger partial charge in [0.15, 0.2) is 0 Å². The molecule has 1 N–H and O–H groups in total. The van der Waals surface area contributed by atoms with E-state index in [-0.39, 0.29) is 0 Å². The van der Waals surface area contributed by atoms with Crippen molar-refractivity contribution >= 4 is 0 Å². The first-order chi connectivity index (χ1) is 7.83. The van der Waals surface area contributed by atoms with Crippen molar-refractivity contribution in [2.75, 3.05) is 6.54 Å². The monoisotopic (exact) mass is 214 g/mol. The third kappa shape index (κ3) is 5.27. The molecule has 0 aliphatic rings. The molecule has 84 valence electrons. The van der Waals surface area contributed by atoms with E-state index in [4.69, 9.17) is 0 Å². The molecule has 0 aromatic carbocycles. The first kappa shape index (κ1) is 12.4. The van der Waals surface area contributed by atoms with Crippen molar-refractivity contribution in [3.05, 3.63) is 66.5 Å². The summed E-state index contributed by atoms with van der Waals surface area (Å²) in [6.07, 6.45) is 9.78. The van der Waals surface area contributed by atoms with E-state index in [1.54, 1.807) is 6.20 Å². The van der Waals surface area contributed by atoms with Crippen LogP contribution in [0, 0.1) is 0 Å². The fourth-order valence-corrected chi connectivity index (χ4v) is 1.22. The Morgan fingerprint density at radius 2 is 2.31 bits per heavy atom. The van der Waals surface area contributed by atoms with E-state index in [1.807, 2.05) is 49.4 Å². The zero-order valence-corrected chi connectivity index (χ0v) is 9.69. The van der Waals surface area contributed by atoms with Gasteiger partial charge in [-0.15, -0.1) is 0 Å². The van der Waals surface area contributed by atoms with Crippen LogP contribution in [-0.2, 0) is 6.54 Å². The van der Waals surface area contributed by atoms with Gasteiger partial charge in [0.25, 0.3) is 0 Å². The maximum Gasteiger partial charge on any atom is 0.0541 e. The topological polar surface area (TPSA) is 24.9 Å². The number of hydrogen-bond donors (Lipinski definition) is 1. The molecule has 0 atom stereocenters. The maximum absolute atomic E-state index is 4.23. The van der Waals surface area contributed by atoms with Gasteiger partial charge in [0.2, 0.25) is 0 Å². The van der Waals surface area contributed by atoms with Gasteiger partial charge in [-0.3, -0.25) is 4.98 Å². The summed E-state index contributed by atoms with van der Waals surface area (Å²) >= 11 is 0. The number of nitrogens with zero attached hydrogens (tertiary/aromatic N) is 1. The molecule has 0 aliphatic heterocycles. The van der Waals surface area contributed by atoms with Crippen molar-refractivity contribution in [1.29, 1.82) is 0 Å². The minimum atomic E-state index is 0.775. The van der Waals surface area contributed by atoms with Crippen molar-refractivity contribution in [1.82, 2.24) is 10.3 Å². The molecule has 1 aromatic heterocycles. The Labute approximate surface area is 97.4 Å². The second-order valence-electron chi connectivity index (χ2n) is 3.47. The van der Waals surface area contributed by atoms with Crippen molar-refractivity contribution in [2.45, 2.75) is 13.5 Å². The third-order valence-corrected chi connectivity index (χ3v) is 2.02. The Hall–Kier alpha value is -1.67. The Morgan fingerprint density at radius 3 is 3.00 bits per heavy atom. The average Bonchev–Trinajstić information content (AvgIpc) is 2.31. The van der Waals surface area contributed by atoms with E-state index in [0.29, 0.717) is 0 Å². The van der Waals surface area contributed by atoms with Gasteiger partial charge in [0.05, 0.1) is 5.69 Å². The van der Waals surface area contributed by atoms with Crippen LogP contribution in [0.4, 0.5) is 0 Å². The summed E-state index contributed by atoms with van der Waals surface area (Å²) in [4.78, 5) is 4.23. The highest BCUT2D eigenvalue weighted by Gasteiger charge is 1.92. The van der Waals surface area contributed by atoms with E-state index in [0.717, 1.165) is 24.4 Å². The quantitative estimate of drug-likeness (QED) is 0.736. The predicted molar refractivity (Wildman–Crippen MR) is 69.0 cm³/mol. The summed E-state index contributed by atoms with van der Waals surface area (Å²) in [5.74, 6) is 0. The lowest BCUT2D eigenvalue weighted by molar-refractivity contribution is 0.730. The zero-order chi connectivity index (χ0) is 11.6. The van der Waals surface area contributed by atoms with Crippen LogP contribution in [0.25, 0.3) is 0 Å². The highest BCUT2D eigenvalue weighted by atomic mass is 14.9. The average molecular weight is 214 g/mol. The molecule has 0 amide bonds. The number of aromatic nitrogens is 1.